The van der Waals surface area contributed by atoms with Crippen LogP contribution in [-0.4, -0.2) is 36.7 Å². The van der Waals surface area contributed by atoms with Gasteiger partial charge in [-0.15, -0.1) is 35.3 Å². The summed E-state index contributed by atoms with van der Waals surface area (Å²) in [5.74, 6) is 0.631. The second-order valence-corrected chi connectivity index (χ2v) is 5.69. The molecule has 1 saturated heterocycles. The third-order valence-corrected chi connectivity index (χ3v) is 3.74. The number of aliphatic imine (C=N–C) groups is 1. The molecule has 1 aromatic heterocycles. The maximum Gasteiger partial charge on any atom is 0.191 e. The lowest BCUT2D eigenvalue weighted by Gasteiger charge is -2.31. The van der Waals surface area contributed by atoms with Crippen molar-refractivity contribution in [1.29, 1.82) is 0 Å². The zero-order valence-electron chi connectivity index (χ0n) is 10.8. The Hall–Kier alpha value is -0.340. The second-order valence-electron chi connectivity index (χ2n) is 4.31. The van der Waals surface area contributed by atoms with Crippen molar-refractivity contribution >= 4 is 41.3 Å². The van der Waals surface area contributed by atoms with E-state index in [1.165, 1.54) is 9.75 Å². The van der Waals surface area contributed by atoms with Gasteiger partial charge in [-0.05, 0) is 26.0 Å². The highest BCUT2D eigenvalue weighted by Crippen LogP contribution is 2.16. The van der Waals surface area contributed by atoms with E-state index in [1.807, 2.05) is 0 Å². The number of hydrogen-bond donors (Lipinski definition) is 1. The van der Waals surface area contributed by atoms with E-state index in [-0.39, 0.29) is 30.1 Å². The number of hydrogen-bond acceptors (Lipinski definition) is 3. The molecule has 0 aliphatic carbocycles. The first-order chi connectivity index (χ1) is 8.15. The normalized spacial score (nSPS) is 20.7. The van der Waals surface area contributed by atoms with Crippen molar-refractivity contribution in [3.05, 3.63) is 21.9 Å². The van der Waals surface area contributed by atoms with Crippen LogP contribution >= 0.6 is 35.3 Å². The molecular weight excluding hydrogens is 361 g/mol. The highest BCUT2D eigenvalue weighted by Gasteiger charge is 2.17. The van der Waals surface area contributed by atoms with E-state index in [1.54, 1.807) is 11.3 Å². The average Bonchev–Trinajstić information content (AvgIpc) is 2.72. The van der Waals surface area contributed by atoms with Gasteiger partial charge in [0.05, 0.1) is 19.3 Å². The molecule has 102 valence electrons. The number of nitrogens with two attached hydrogens (primary N) is 1. The number of morpholine rings is 1. The van der Waals surface area contributed by atoms with Gasteiger partial charge in [0.1, 0.15) is 0 Å². The van der Waals surface area contributed by atoms with E-state index in [0.29, 0.717) is 12.5 Å². The summed E-state index contributed by atoms with van der Waals surface area (Å²) < 4.78 is 5.47. The number of ether oxygens (including phenoxy) is 1. The molecule has 1 aromatic rings. The lowest BCUT2D eigenvalue weighted by molar-refractivity contribution is 0.00529. The van der Waals surface area contributed by atoms with Crippen LogP contribution < -0.4 is 5.73 Å². The number of thiophene rings is 1. The smallest absolute Gasteiger partial charge is 0.191 e. The van der Waals surface area contributed by atoms with E-state index in [4.69, 9.17) is 10.5 Å². The third kappa shape index (κ3) is 4.40. The second kappa shape index (κ2) is 7.30. The van der Waals surface area contributed by atoms with Crippen LogP contribution in [-0.2, 0) is 11.3 Å². The molecule has 0 amide bonds. The van der Waals surface area contributed by atoms with Crippen molar-refractivity contribution in [3.63, 3.8) is 0 Å². The van der Waals surface area contributed by atoms with Gasteiger partial charge in [-0.3, -0.25) is 0 Å². The minimum absolute atomic E-state index is 0. The quantitative estimate of drug-likeness (QED) is 0.486. The lowest BCUT2D eigenvalue weighted by Crippen LogP contribution is -2.47. The van der Waals surface area contributed by atoms with Crippen LogP contribution in [0.5, 0.6) is 0 Å². The molecule has 2 heterocycles. The number of rotatable bonds is 2. The maximum absolute atomic E-state index is 5.99. The van der Waals surface area contributed by atoms with Gasteiger partial charge in [0.2, 0.25) is 0 Å². The molecule has 0 saturated carbocycles. The molecule has 0 bridgehead atoms. The fourth-order valence-electron chi connectivity index (χ4n) is 1.86. The van der Waals surface area contributed by atoms with Crippen molar-refractivity contribution in [3.8, 4) is 0 Å². The molecule has 1 aliphatic heterocycles. The molecule has 4 nitrogen and oxygen atoms in total. The molecule has 2 rings (SSSR count). The molecule has 2 N–H and O–H groups in total. The highest BCUT2D eigenvalue weighted by molar-refractivity contribution is 14.0. The molecule has 1 unspecified atom stereocenters. The Labute approximate surface area is 129 Å². The largest absolute Gasteiger partial charge is 0.375 e. The minimum atomic E-state index is 0. The predicted molar refractivity (Wildman–Crippen MR) is 86.8 cm³/mol. The van der Waals surface area contributed by atoms with Crippen molar-refractivity contribution in [2.75, 3.05) is 19.7 Å². The molecular formula is C12H20IN3OS. The van der Waals surface area contributed by atoms with Gasteiger partial charge in [0.25, 0.3) is 0 Å². The first-order valence-electron chi connectivity index (χ1n) is 5.87. The summed E-state index contributed by atoms with van der Waals surface area (Å²) in [6, 6.07) is 4.22. The first-order valence-corrected chi connectivity index (χ1v) is 6.68. The number of guanidine groups is 1. The molecule has 6 heteroatoms. The van der Waals surface area contributed by atoms with Gasteiger partial charge in [-0.1, -0.05) is 0 Å². The summed E-state index contributed by atoms with van der Waals surface area (Å²) in [5.41, 5.74) is 5.99. The average molecular weight is 381 g/mol. The number of aryl methyl sites for hydroxylation is 1. The highest BCUT2D eigenvalue weighted by atomic mass is 127. The summed E-state index contributed by atoms with van der Waals surface area (Å²) in [4.78, 5) is 9.10. The zero-order valence-corrected chi connectivity index (χ0v) is 13.9. The number of halogens is 1. The Morgan fingerprint density at radius 3 is 3.00 bits per heavy atom. The van der Waals surface area contributed by atoms with E-state index in [0.717, 1.165) is 19.7 Å². The van der Waals surface area contributed by atoms with Gasteiger partial charge in [-0.2, -0.15) is 0 Å². The SMILES string of the molecule is Cc1ccc(CN=C(N)N2CCOC(C)C2)s1.I. The topological polar surface area (TPSA) is 50.8 Å². The Bertz CT molecular complexity index is 408. The van der Waals surface area contributed by atoms with Crippen molar-refractivity contribution < 1.29 is 4.74 Å². The summed E-state index contributed by atoms with van der Waals surface area (Å²) in [6.07, 6.45) is 0.237. The van der Waals surface area contributed by atoms with Gasteiger partial charge < -0.3 is 15.4 Å². The summed E-state index contributed by atoms with van der Waals surface area (Å²) >= 11 is 1.77. The fourth-order valence-corrected chi connectivity index (χ4v) is 2.67. The van der Waals surface area contributed by atoms with Crippen LogP contribution in [0.3, 0.4) is 0 Å². The molecule has 0 aromatic carbocycles. The molecule has 0 radical (unpaired) electrons. The monoisotopic (exact) mass is 381 g/mol. The van der Waals surface area contributed by atoms with Crippen molar-refractivity contribution in [2.45, 2.75) is 26.5 Å². The standard InChI is InChI=1S/C12H19N3OS.HI/c1-9-8-15(5-6-16-9)12(13)14-7-11-4-3-10(2)17-11;/h3-4,9H,5-8H2,1-2H3,(H2,13,14);1H. The predicted octanol–water partition coefficient (Wildman–Crippen LogP) is 2.21. The van der Waals surface area contributed by atoms with E-state index in [2.05, 4.69) is 35.9 Å². The number of nitrogens with zero attached hydrogens (tertiary/aromatic N) is 2. The fraction of sp³-hybridized carbons (Fsp3) is 0.583. The van der Waals surface area contributed by atoms with Crippen LogP contribution in [0.4, 0.5) is 0 Å². The Morgan fingerprint density at radius 2 is 2.39 bits per heavy atom. The minimum Gasteiger partial charge on any atom is -0.375 e. The van der Waals surface area contributed by atoms with Gasteiger partial charge in [0, 0.05) is 22.8 Å². The van der Waals surface area contributed by atoms with Crippen LogP contribution in [0.2, 0.25) is 0 Å². The zero-order chi connectivity index (χ0) is 12.3. The Balaban J connectivity index is 0.00000162. The van der Waals surface area contributed by atoms with Crippen LogP contribution in [0, 0.1) is 6.92 Å². The van der Waals surface area contributed by atoms with Crippen molar-refractivity contribution in [2.24, 2.45) is 10.7 Å². The molecule has 18 heavy (non-hydrogen) atoms. The Morgan fingerprint density at radius 1 is 1.61 bits per heavy atom. The molecule has 1 atom stereocenters. The first kappa shape index (κ1) is 15.7. The lowest BCUT2D eigenvalue weighted by atomic mass is 10.3. The van der Waals surface area contributed by atoms with Crippen molar-refractivity contribution in [1.82, 2.24) is 4.90 Å². The van der Waals surface area contributed by atoms with E-state index < -0.39 is 0 Å². The molecule has 1 aliphatic rings. The summed E-state index contributed by atoms with van der Waals surface area (Å²) in [6.45, 7) is 7.24. The maximum atomic E-state index is 5.99. The van der Waals surface area contributed by atoms with E-state index >= 15 is 0 Å². The molecule has 0 spiro atoms. The van der Waals surface area contributed by atoms with Gasteiger partial charge in [0.15, 0.2) is 5.96 Å². The van der Waals surface area contributed by atoms with Gasteiger partial charge in [-0.25, -0.2) is 4.99 Å². The van der Waals surface area contributed by atoms with Gasteiger partial charge >= 0.3 is 0 Å². The third-order valence-electron chi connectivity index (χ3n) is 2.76. The van der Waals surface area contributed by atoms with E-state index in [9.17, 15) is 0 Å². The van der Waals surface area contributed by atoms with Crippen LogP contribution in [0.25, 0.3) is 0 Å². The van der Waals surface area contributed by atoms with Crippen LogP contribution in [0.1, 0.15) is 16.7 Å². The molecule has 1 fully saturated rings. The summed E-state index contributed by atoms with van der Waals surface area (Å²) in [5, 5.41) is 0. The summed E-state index contributed by atoms with van der Waals surface area (Å²) in [7, 11) is 0. The Kier molecular flexibility index (Phi) is 6.37. The van der Waals surface area contributed by atoms with Crippen LogP contribution in [0.15, 0.2) is 17.1 Å².